The second-order valence-corrected chi connectivity index (χ2v) is 8.77. The van der Waals surface area contributed by atoms with Crippen molar-refractivity contribution >= 4 is 45.9 Å². The fourth-order valence-electron chi connectivity index (χ4n) is 4.21. The number of fused-ring (bicyclic) bond motifs is 2. The van der Waals surface area contributed by atoms with E-state index in [1.54, 1.807) is 42.5 Å². The van der Waals surface area contributed by atoms with Crippen LogP contribution in [0.4, 0.5) is 0 Å². The van der Waals surface area contributed by atoms with Gasteiger partial charge in [0.1, 0.15) is 11.3 Å². The zero-order valence-corrected chi connectivity index (χ0v) is 20.6. The highest BCUT2D eigenvalue weighted by atomic mass is 16.5. The zero-order chi connectivity index (χ0) is 26.6. The first-order valence-electron chi connectivity index (χ1n) is 12.3. The Kier molecular flexibility index (Phi) is 6.41. The van der Waals surface area contributed by atoms with Gasteiger partial charge in [-0.2, -0.15) is 0 Å². The lowest BCUT2D eigenvalue weighted by Gasteiger charge is -2.11. The lowest BCUT2D eigenvalue weighted by Crippen LogP contribution is -2.07. The van der Waals surface area contributed by atoms with Crippen LogP contribution in [0.3, 0.4) is 0 Å². The van der Waals surface area contributed by atoms with Crippen LogP contribution in [0.5, 0.6) is 5.75 Å². The molecule has 4 aromatic carbocycles. The molecular weight excluding hydrogens is 490 g/mol. The molecular formula is C33H21NO5. The van der Waals surface area contributed by atoms with Gasteiger partial charge in [0, 0.05) is 17.5 Å². The summed E-state index contributed by atoms with van der Waals surface area (Å²) in [5, 5.41) is 1.13. The largest absolute Gasteiger partial charge is 0.451 e. The molecule has 39 heavy (non-hydrogen) atoms. The van der Waals surface area contributed by atoms with Crippen molar-refractivity contribution in [3.8, 4) is 5.75 Å². The van der Waals surface area contributed by atoms with Crippen molar-refractivity contribution < 1.29 is 13.6 Å². The zero-order valence-electron chi connectivity index (χ0n) is 20.6. The summed E-state index contributed by atoms with van der Waals surface area (Å²) in [6.45, 7) is 0. The van der Waals surface area contributed by atoms with Crippen molar-refractivity contribution in [2.45, 2.75) is 0 Å². The minimum atomic E-state index is -0.516. The molecule has 2 heterocycles. The summed E-state index contributed by atoms with van der Waals surface area (Å²) >= 11 is 0. The topological polar surface area (TPSA) is 82.5 Å². The molecule has 188 valence electrons. The fourth-order valence-corrected chi connectivity index (χ4v) is 4.21. The third-order valence-electron chi connectivity index (χ3n) is 6.07. The smallest absolute Gasteiger partial charge is 0.347 e. The number of hydrogen-bond donors (Lipinski definition) is 0. The molecule has 0 spiro atoms. The quantitative estimate of drug-likeness (QED) is 0.176. The number of benzene rings is 4. The van der Waals surface area contributed by atoms with Crippen molar-refractivity contribution in [1.82, 2.24) is 4.98 Å². The third kappa shape index (κ3) is 5.31. The van der Waals surface area contributed by atoms with Crippen LogP contribution in [0.25, 0.3) is 45.9 Å². The van der Waals surface area contributed by atoms with E-state index in [1.165, 1.54) is 6.07 Å². The summed E-state index contributed by atoms with van der Waals surface area (Å²) in [5.41, 5.74) is 2.42. The summed E-state index contributed by atoms with van der Waals surface area (Å²) in [7, 11) is 0. The van der Waals surface area contributed by atoms with E-state index >= 15 is 0 Å². The lowest BCUT2D eigenvalue weighted by atomic mass is 10.1. The van der Waals surface area contributed by atoms with E-state index in [0.717, 1.165) is 22.1 Å². The molecule has 0 bridgehead atoms. The summed E-state index contributed by atoms with van der Waals surface area (Å²) in [4.78, 5) is 29.6. The Bertz CT molecular complexity index is 1970. The van der Waals surface area contributed by atoms with Crippen molar-refractivity contribution in [2.24, 2.45) is 0 Å². The van der Waals surface area contributed by atoms with Crippen LogP contribution >= 0.6 is 0 Å². The van der Waals surface area contributed by atoms with Gasteiger partial charge < -0.3 is 13.6 Å². The SMILES string of the molecule is O=c1cc(/C=C/c2ccccc2)c2ccc(O/C(=C/c3ccccc3)c3nc4ccccc4c(=O)o3)cc2o1. The lowest BCUT2D eigenvalue weighted by molar-refractivity contribution is 0.431. The van der Waals surface area contributed by atoms with Gasteiger partial charge in [-0.05, 0) is 47.0 Å². The van der Waals surface area contributed by atoms with E-state index in [1.807, 2.05) is 78.9 Å². The van der Waals surface area contributed by atoms with E-state index in [0.29, 0.717) is 22.2 Å². The van der Waals surface area contributed by atoms with Crippen molar-refractivity contribution in [3.63, 3.8) is 0 Å². The highest BCUT2D eigenvalue weighted by molar-refractivity contribution is 5.90. The maximum atomic E-state index is 12.7. The summed E-state index contributed by atoms with van der Waals surface area (Å²) in [6.07, 6.45) is 5.55. The molecule has 0 aliphatic carbocycles. The third-order valence-corrected chi connectivity index (χ3v) is 6.07. The summed E-state index contributed by atoms with van der Waals surface area (Å²) in [5.74, 6) is 0.643. The molecule has 0 unspecified atom stereocenters. The molecule has 0 aliphatic rings. The Morgan fingerprint density at radius 3 is 2.21 bits per heavy atom. The Balaban J connectivity index is 1.42. The Hall–Kier alpha value is -5.49. The number of hydrogen-bond acceptors (Lipinski definition) is 6. The molecule has 0 radical (unpaired) electrons. The van der Waals surface area contributed by atoms with Crippen LogP contribution in [0.15, 0.2) is 128 Å². The Morgan fingerprint density at radius 1 is 0.692 bits per heavy atom. The van der Waals surface area contributed by atoms with Crippen LogP contribution in [0.1, 0.15) is 22.6 Å². The Morgan fingerprint density at radius 2 is 1.41 bits per heavy atom. The molecule has 0 amide bonds. The highest BCUT2D eigenvalue weighted by Gasteiger charge is 2.15. The first-order valence-corrected chi connectivity index (χ1v) is 12.3. The molecule has 6 rings (SSSR count). The van der Waals surface area contributed by atoms with E-state index in [2.05, 4.69) is 4.98 Å². The van der Waals surface area contributed by atoms with Crippen LogP contribution in [0.2, 0.25) is 0 Å². The normalized spacial score (nSPS) is 11.8. The van der Waals surface area contributed by atoms with E-state index in [9.17, 15) is 9.59 Å². The molecule has 2 aromatic heterocycles. The fraction of sp³-hybridized carbons (Fsp3) is 0. The maximum absolute atomic E-state index is 12.7. The molecule has 0 saturated heterocycles. The molecule has 0 fully saturated rings. The second kappa shape index (κ2) is 10.5. The molecule has 6 aromatic rings. The standard InChI is InChI=1S/C33H21NO5/c35-31-20-24(16-15-22-9-3-1-4-10-22)26-18-17-25(21-29(26)38-31)37-30(19-23-11-5-2-6-12-23)32-34-28-14-8-7-13-27(28)33(36)39-32/h1-21H/b16-15+,30-19+. The second-order valence-electron chi connectivity index (χ2n) is 8.77. The van der Waals surface area contributed by atoms with Gasteiger partial charge in [-0.1, -0.05) is 84.9 Å². The number of nitrogens with zero attached hydrogens (tertiary/aromatic N) is 1. The average Bonchev–Trinajstić information content (AvgIpc) is 2.96. The van der Waals surface area contributed by atoms with Gasteiger partial charge in [-0.3, -0.25) is 0 Å². The molecule has 0 N–H and O–H groups in total. The van der Waals surface area contributed by atoms with E-state index in [-0.39, 0.29) is 11.6 Å². The van der Waals surface area contributed by atoms with Gasteiger partial charge in [0.25, 0.3) is 5.89 Å². The average molecular weight is 512 g/mol. The van der Waals surface area contributed by atoms with Crippen molar-refractivity contribution in [1.29, 1.82) is 0 Å². The predicted molar refractivity (Wildman–Crippen MR) is 153 cm³/mol. The van der Waals surface area contributed by atoms with Gasteiger partial charge in [0.05, 0.1) is 10.9 Å². The minimum absolute atomic E-state index is 0.0312. The number of para-hydroxylation sites is 1. The van der Waals surface area contributed by atoms with Crippen LogP contribution in [-0.4, -0.2) is 4.98 Å². The molecule has 6 heteroatoms. The number of ether oxygens (including phenoxy) is 1. The van der Waals surface area contributed by atoms with Gasteiger partial charge in [-0.15, -0.1) is 0 Å². The highest BCUT2D eigenvalue weighted by Crippen LogP contribution is 2.28. The molecule has 0 aliphatic heterocycles. The van der Waals surface area contributed by atoms with Crippen LogP contribution in [0, 0.1) is 0 Å². The predicted octanol–water partition coefficient (Wildman–Crippen LogP) is 7.04. The first kappa shape index (κ1) is 23.9. The maximum Gasteiger partial charge on any atom is 0.347 e. The first-order chi connectivity index (χ1) is 19.1. The molecule has 0 saturated carbocycles. The van der Waals surface area contributed by atoms with Crippen LogP contribution < -0.4 is 16.0 Å². The van der Waals surface area contributed by atoms with Crippen molar-refractivity contribution in [3.05, 3.63) is 153 Å². The van der Waals surface area contributed by atoms with Gasteiger partial charge >= 0.3 is 11.3 Å². The van der Waals surface area contributed by atoms with Gasteiger partial charge in [0.2, 0.25) is 0 Å². The van der Waals surface area contributed by atoms with Crippen molar-refractivity contribution in [2.75, 3.05) is 0 Å². The molecule has 6 nitrogen and oxygen atoms in total. The van der Waals surface area contributed by atoms with Gasteiger partial charge in [0.15, 0.2) is 5.76 Å². The molecule has 0 atom stereocenters. The number of aromatic nitrogens is 1. The van der Waals surface area contributed by atoms with E-state index < -0.39 is 11.3 Å². The Labute approximate surface area is 222 Å². The monoisotopic (exact) mass is 511 g/mol. The van der Waals surface area contributed by atoms with Gasteiger partial charge in [-0.25, -0.2) is 14.6 Å². The summed E-state index contributed by atoms with van der Waals surface area (Å²) < 4.78 is 17.3. The van der Waals surface area contributed by atoms with Crippen LogP contribution in [-0.2, 0) is 0 Å². The summed E-state index contributed by atoms with van der Waals surface area (Å²) in [6, 6.07) is 32.9. The van der Waals surface area contributed by atoms with E-state index in [4.69, 9.17) is 13.6 Å². The number of rotatable bonds is 6. The minimum Gasteiger partial charge on any atom is -0.451 e.